The lowest BCUT2D eigenvalue weighted by molar-refractivity contribution is -0.891. The third-order valence-corrected chi connectivity index (χ3v) is 2.83. The highest BCUT2D eigenvalue weighted by molar-refractivity contribution is 6.50. The van der Waals surface area contributed by atoms with Crippen molar-refractivity contribution in [3.05, 3.63) is 0 Å². The number of likely N-dealkylation sites (N-methyl/N-ethyl adjacent to an activating group) is 1. The van der Waals surface area contributed by atoms with Crippen LogP contribution >= 0.6 is 0 Å². The van der Waals surface area contributed by atoms with Gasteiger partial charge in [0.2, 0.25) is 0 Å². The van der Waals surface area contributed by atoms with Gasteiger partial charge >= 0.3 is 7.25 Å². The average molecular weight is 365 g/mol. The molecule has 5 nitrogen and oxygen atoms in total. The Morgan fingerprint density at radius 1 is 0.625 bits per heavy atom. The van der Waals surface area contributed by atoms with E-state index in [2.05, 4.69) is 14.1 Å². The molecule has 0 radical (unpaired) electrons. The van der Waals surface area contributed by atoms with Gasteiger partial charge in [-0.1, -0.05) is 0 Å². The van der Waals surface area contributed by atoms with Crippen molar-refractivity contribution in [1.29, 1.82) is 0 Å². The molecule has 0 aromatic carbocycles. The van der Waals surface area contributed by atoms with Gasteiger partial charge in [-0.25, -0.2) is 0 Å². The van der Waals surface area contributed by atoms with E-state index in [9.17, 15) is 17.3 Å². The van der Waals surface area contributed by atoms with E-state index in [0.717, 1.165) is 44.0 Å². The molecule has 0 amide bonds. The van der Waals surface area contributed by atoms with Crippen LogP contribution in [0.25, 0.3) is 0 Å². The van der Waals surface area contributed by atoms with Crippen molar-refractivity contribution in [3.63, 3.8) is 0 Å². The van der Waals surface area contributed by atoms with Gasteiger partial charge in [0.15, 0.2) is 0 Å². The van der Waals surface area contributed by atoms with Gasteiger partial charge in [0.1, 0.15) is 13.1 Å². The molecule has 0 aliphatic heterocycles. The summed E-state index contributed by atoms with van der Waals surface area (Å²) in [7, 11) is -1.62. The topological polar surface area (TPSA) is 36.9 Å². The summed E-state index contributed by atoms with van der Waals surface area (Å²) < 4.78 is 61.4. The first kappa shape index (κ1) is 25.8. The SMILES string of the molecule is CCOCCOCC[N+](C)(C)CCOCCOCC.F[B-](F)(F)F. The standard InChI is InChI=1S/C14H32NO4.BF4/c1-5-16-11-13-18-9-7-15(3,4)8-10-19-14-12-17-6-2;2-1(3,4)5/h5-14H2,1-4H3;/q+1;-1. The zero-order valence-electron chi connectivity index (χ0n) is 15.2. The number of halogens is 4. The van der Waals surface area contributed by atoms with E-state index in [0.29, 0.717) is 26.4 Å². The molecular weight excluding hydrogens is 333 g/mol. The number of nitrogens with zero attached hydrogens (tertiary/aromatic N) is 1. The summed E-state index contributed by atoms with van der Waals surface area (Å²) >= 11 is 0. The smallest absolute Gasteiger partial charge is 0.418 e. The molecule has 10 heteroatoms. The average Bonchev–Trinajstić information content (AvgIpc) is 2.44. The predicted octanol–water partition coefficient (Wildman–Crippen LogP) is 2.47. The minimum absolute atomic E-state index is 0.679. The van der Waals surface area contributed by atoms with E-state index in [-0.39, 0.29) is 0 Å². The Morgan fingerprint density at radius 2 is 0.917 bits per heavy atom. The molecule has 0 N–H and O–H groups in total. The van der Waals surface area contributed by atoms with Gasteiger partial charge < -0.3 is 40.7 Å². The quantitative estimate of drug-likeness (QED) is 0.205. The first-order valence-electron chi connectivity index (χ1n) is 8.12. The summed E-state index contributed by atoms with van der Waals surface area (Å²) in [6, 6.07) is 0. The summed E-state index contributed by atoms with van der Waals surface area (Å²) in [5, 5.41) is 0. The van der Waals surface area contributed by atoms with Gasteiger partial charge in [-0.3, -0.25) is 0 Å². The number of rotatable bonds is 14. The molecule has 0 aromatic heterocycles. The van der Waals surface area contributed by atoms with Crippen molar-refractivity contribution >= 4 is 7.25 Å². The van der Waals surface area contributed by atoms with Gasteiger partial charge in [-0.05, 0) is 13.8 Å². The maximum Gasteiger partial charge on any atom is 0.673 e. The van der Waals surface area contributed by atoms with Crippen LogP contribution in [0.3, 0.4) is 0 Å². The summed E-state index contributed by atoms with van der Waals surface area (Å²) in [5.41, 5.74) is 0. The summed E-state index contributed by atoms with van der Waals surface area (Å²) in [6.45, 7) is 11.7. The van der Waals surface area contributed by atoms with E-state index in [1.807, 2.05) is 13.8 Å². The zero-order chi connectivity index (χ0) is 18.9. The van der Waals surface area contributed by atoms with E-state index in [1.54, 1.807) is 0 Å². The van der Waals surface area contributed by atoms with Gasteiger partial charge in [0.05, 0.1) is 53.7 Å². The molecule has 0 aliphatic carbocycles. The van der Waals surface area contributed by atoms with Gasteiger partial charge in [0, 0.05) is 13.2 Å². The normalized spacial score (nSPS) is 12.0. The molecule has 24 heavy (non-hydrogen) atoms. The van der Waals surface area contributed by atoms with Crippen LogP contribution in [0.15, 0.2) is 0 Å². The second kappa shape index (κ2) is 16.1. The molecule has 148 valence electrons. The predicted molar refractivity (Wildman–Crippen MR) is 86.7 cm³/mol. The zero-order valence-corrected chi connectivity index (χ0v) is 15.2. The lowest BCUT2D eigenvalue weighted by Crippen LogP contribution is -2.44. The number of quaternary nitrogens is 1. The molecule has 0 unspecified atom stereocenters. The Kier molecular flexibility index (Phi) is 17.3. The van der Waals surface area contributed by atoms with Gasteiger partial charge in [-0.2, -0.15) is 0 Å². The van der Waals surface area contributed by atoms with E-state index < -0.39 is 7.25 Å². The minimum Gasteiger partial charge on any atom is -0.418 e. The van der Waals surface area contributed by atoms with Crippen LogP contribution in [0.2, 0.25) is 0 Å². The Hall–Kier alpha value is -0.415. The monoisotopic (exact) mass is 365 g/mol. The van der Waals surface area contributed by atoms with E-state index >= 15 is 0 Å². The highest BCUT2D eigenvalue weighted by Crippen LogP contribution is 2.06. The Morgan fingerprint density at radius 3 is 1.21 bits per heavy atom. The van der Waals surface area contributed by atoms with Crippen LogP contribution in [0.4, 0.5) is 17.3 Å². The fourth-order valence-electron chi connectivity index (χ4n) is 1.46. The van der Waals surface area contributed by atoms with Crippen LogP contribution in [0, 0.1) is 0 Å². The van der Waals surface area contributed by atoms with Crippen LogP contribution < -0.4 is 0 Å². The highest BCUT2D eigenvalue weighted by Gasteiger charge is 2.20. The largest absolute Gasteiger partial charge is 0.673 e. The lowest BCUT2D eigenvalue weighted by atomic mass is 10.3. The van der Waals surface area contributed by atoms with Crippen molar-refractivity contribution in [3.8, 4) is 0 Å². The maximum atomic E-state index is 9.75. The van der Waals surface area contributed by atoms with Crippen molar-refractivity contribution < 1.29 is 40.7 Å². The number of ether oxygens (including phenoxy) is 4. The van der Waals surface area contributed by atoms with Crippen molar-refractivity contribution in [2.24, 2.45) is 0 Å². The minimum atomic E-state index is -6.00. The first-order chi connectivity index (χ1) is 11.1. The molecule has 0 fully saturated rings. The van der Waals surface area contributed by atoms with Crippen LogP contribution in [-0.2, 0) is 18.9 Å². The second-order valence-electron chi connectivity index (χ2n) is 5.50. The highest BCUT2D eigenvalue weighted by atomic mass is 19.5. The molecule has 0 aliphatic rings. The van der Waals surface area contributed by atoms with E-state index in [4.69, 9.17) is 18.9 Å². The summed E-state index contributed by atoms with van der Waals surface area (Å²) in [5.74, 6) is 0. The Labute approximate surface area is 142 Å². The molecule has 0 rings (SSSR count). The Balaban J connectivity index is 0. The fraction of sp³-hybridized carbons (Fsp3) is 1.00. The second-order valence-corrected chi connectivity index (χ2v) is 5.50. The third kappa shape index (κ3) is 29.6. The van der Waals surface area contributed by atoms with Crippen LogP contribution in [0.1, 0.15) is 13.8 Å². The molecule has 0 bridgehead atoms. The molecule has 0 spiro atoms. The molecule has 0 atom stereocenters. The molecule has 0 saturated heterocycles. The van der Waals surface area contributed by atoms with Crippen molar-refractivity contribution in [1.82, 2.24) is 0 Å². The number of hydrogen-bond acceptors (Lipinski definition) is 4. The van der Waals surface area contributed by atoms with Crippen molar-refractivity contribution in [2.75, 3.05) is 80.0 Å². The van der Waals surface area contributed by atoms with Crippen LogP contribution in [0.5, 0.6) is 0 Å². The van der Waals surface area contributed by atoms with Crippen molar-refractivity contribution in [2.45, 2.75) is 13.8 Å². The maximum absolute atomic E-state index is 9.75. The lowest BCUT2D eigenvalue weighted by Gasteiger charge is -2.29. The third-order valence-electron chi connectivity index (χ3n) is 2.83. The van der Waals surface area contributed by atoms with Gasteiger partial charge in [0.25, 0.3) is 0 Å². The first-order valence-corrected chi connectivity index (χ1v) is 8.12. The number of hydrogen-bond donors (Lipinski definition) is 0. The molecule has 0 saturated carbocycles. The molecule has 0 aromatic rings. The van der Waals surface area contributed by atoms with E-state index in [1.165, 1.54) is 0 Å². The van der Waals surface area contributed by atoms with Gasteiger partial charge in [-0.15, -0.1) is 0 Å². The fourth-order valence-corrected chi connectivity index (χ4v) is 1.46. The summed E-state index contributed by atoms with van der Waals surface area (Å²) in [4.78, 5) is 0. The Bertz CT molecular complexity index is 248. The van der Waals surface area contributed by atoms with Crippen LogP contribution in [-0.4, -0.2) is 91.8 Å². The molecular formula is C14H32BF4NO4. The summed E-state index contributed by atoms with van der Waals surface area (Å²) in [6.07, 6.45) is 0. The molecule has 0 heterocycles.